The minimum atomic E-state index is -0.953. The van der Waals surface area contributed by atoms with Gasteiger partial charge in [0, 0.05) is 67.3 Å². The van der Waals surface area contributed by atoms with E-state index < -0.39 is 23.8 Å². The third-order valence-electron chi connectivity index (χ3n) is 13.0. The molecule has 3 aliphatic heterocycles. The van der Waals surface area contributed by atoms with Crippen LogP contribution in [0.15, 0.2) is 54.6 Å². The minimum absolute atomic E-state index is 0.104. The molecule has 13 heteroatoms. The lowest BCUT2D eigenvalue weighted by Gasteiger charge is -2.63. The Morgan fingerprint density at radius 3 is 2.09 bits per heavy atom. The molecule has 57 heavy (non-hydrogen) atoms. The Labute approximate surface area is 347 Å². The molecule has 1 N–H and O–H groups in total. The number of carbonyl (C=O) groups excluding carboxylic acids is 5. The number of nitrogens with one attached hydrogen (secondary N) is 1. The van der Waals surface area contributed by atoms with Crippen LogP contribution in [0.5, 0.6) is 5.75 Å². The molecule has 2 saturated heterocycles. The number of hydrogen-bond donors (Lipinski definition) is 1. The maximum absolute atomic E-state index is 13.5. The van der Waals surface area contributed by atoms with E-state index >= 15 is 0 Å². The topological polar surface area (TPSA) is 143 Å². The number of carbonyl (C=O) groups is 5. The van der Waals surface area contributed by atoms with Gasteiger partial charge in [-0.15, -0.1) is 0 Å². The molecule has 296 valence electrons. The van der Waals surface area contributed by atoms with Gasteiger partial charge in [0.25, 0.3) is 23.6 Å². The first-order valence-electron chi connectivity index (χ1n) is 19.7. The Balaban J connectivity index is 0.823. The lowest BCUT2D eigenvalue weighted by molar-refractivity contribution is -0.164. The lowest BCUT2D eigenvalue weighted by Crippen LogP contribution is -2.74. The molecule has 3 aromatic rings. The normalized spacial score (nSPS) is 24.2. The smallest absolute Gasteiger partial charge is 0.262 e. The van der Waals surface area contributed by atoms with Crippen LogP contribution < -0.4 is 15.0 Å². The number of piperazine rings is 1. The summed E-state index contributed by atoms with van der Waals surface area (Å²) in [5.74, 6) is -0.753. The summed E-state index contributed by atoms with van der Waals surface area (Å²) in [5, 5.41) is 12.6. The molecule has 2 aliphatic carbocycles. The van der Waals surface area contributed by atoms with Crippen LogP contribution in [0.4, 0.5) is 5.69 Å². The summed E-state index contributed by atoms with van der Waals surface area (Å²) in [5.41, 5.74) is 5.44. The van der Waals surface area contributed by atoms with Crippen molar-refractivity contribution in [2.24, 2.45) is 16.7 Å². The molecule has 0 aromatic heterocycles. The van der Waals surface area contributed by atoms with Gasteiger partial charge in [0.2, 0.25) is 5.91 Å². The van der Waals surface area contributed by atoms with Gasteiger partial charge in [-0.05, 0) is 103 Å². The van der Waals surface area contributed by atoms with Crippen molar-refractivity contribution in [3.05, 3.63) is 93.5 Å². The van der Waals surface area contributed by atoms with Crippen molar-refractivity contribution in [3.63, 3.8) is 0 Å². The van der Waals surface area contributed by atoms with Crippen LogP contribution in [0.2, 0.25) is 0 Å². The van der Waals surface area contributed by atoms with Gasteiger partial charge in [0.05, 0.1) is 45.6 Å². The summed E-state index contributed by atoms with van der Waals surface area (Å²) in [6, 6.07) is 18.2. The number of piperidine rings is 1. The number of nitrogens with zero attached hydrogens (tertiary/aromatic N) is 5. The van der Waals surface area contributed by atoms with Crippen LogP contribution in [0.25, 0.3) is 0 Å². The maximum atomic E-state index is 13.5. The Morgan fingerprint density at radius 1 is 0.895 bits per heavy atom. The van der Waals surface area contributed by atoms with Gasteiger partial charge in [0.1, 0.15) is 17.9 Å². The van der Waals surface area contributed by atoms with Crippen LogP contribution in [-0.4, -0.2) is 93.4 Å². The highest BCUT2D eigenvalue weighted by atomic mass is 127. The van der Waals surface area contributed by atoms with Gasteiger partial charge >= 0.3 is 0 Å². The lowest BCUT2D eigenvalue weighted by atomic mass is 9.49. The van der Waals surface area contributed by atoms with E-state index in [4.69, 9.17) is 4.74 Å². The standard InChI is InChI=1S/C44H47IN6O6/c1-25-18-32(11-8-28(25)23-46)57-42-43(2,3)41(44(42,4)5)47-37(53)27-6-9-31(10-7-27)49-16-14-48(15-17-49)24-26-19-29-21-33-34(22-30(29)20-26)39(55)50(38(33)54)35-12-13-36(52)51(45)40(35)56/h6-11,18,21-22,26,35,41-42H,12-17,19-20,24H2,1-5H3,(H,47,53)/t35?,41-,42-. The zero-order valence-corrected chi connectivity index (χ0v) is 35.1. The summed E-state index contributed by atoms with van der Waals surface area (Å²) >= 11 is 1.65. The van der Waals surface area contributed by atoms with E-state index in [-0.39, 0.29) is 47.6 Å². The number of rotatable bonds is 8. The van der Waals surface area contributed by atoms with Crippen molar-refractivity contribution in [3.8, 4) is 11.8 Å². The van der Waals surface area contributed by atoms with E-state index in [1.807, 2.05) is 55.5 Å². The summed E-state index contributed by atoms with van der Waals surface area (Å²) in [6.45, 7) is 14.8. The number of halogens is 1. The molecule has 8 rings (SSSR count). The predicted molar refractivity (Wildman–Crippen MR) is 221 cm³/mol. The second-order valence-corrected chi connectivity index (χ2v) is 18.4. The molecule has 1 atom stereocenters. The molecule has 1 unspecified atom stereocenters. The molecule has 3 aromatic carbocycles. The van der Waals surface area contributed by atoms with E-state index in [2.05, 4.69) is 48.9 Å². The Bertz CT molecular complexity index is 2180. The molecule has 5 amide bonds. The Morgan fingerprint density at radius 2 is 1.51 bits per heavy atom. The van der Waals surface area contributed by atoms with Crippen molar-refractivity contribution in [1.29, 1.82) is 5.26 Å². The van der Waals surface area contributed by atoms with Crippen LogP contribution in [0, 0.1) is 35.0 Å². The molecule has 5 aliphatic rings. The average molecular weight is 883 g/mol. The van der Waals surface area contributed by atoms with Gasteiger partial charge < -0.3 is 15.0 Å². The van der Waals surface area contributed by atoms with Gasteiger partial charge in [-0.3, -0.25) is 33.8 Å². The van der Waals surface area contributed by atoms with Crippen molar-refractivity contribution < 1.29 is 28.7 Å². The Hall–Kier alpha value is -4.81. The largest absolute Gasteiger partial charge is 0.489 e. The van der Waals surface area contributed by atoms with Crippen molar-refractivity contribution in [2.45, 2.75) is 78.5 Å². The van der Waals surface area contributed by atoms with E-state index in [0.29, 0.717) is 28.2 Å². The van der Waals surface area contributed by atoms with Crippen LogP contribution in [0.3, 0.4) is 0 Å². The third kappa shape index (κ3) is 6.78. The number of anilines is 1. The molecule has 12 nitrogen and oxygen atoms in total. The summed E-state index contributed by atoms with van der Waals surface area (Å²) in [6.07, 6.45) is 1.79. The summed E-state index contributed by atoms with van der Waals surface area (Å²) < 4.78 is 7.45. The second kappa shape index (κ2) is 14.5. The fourth-order valence-electron chi connectivity index (χ4n) is 10.2. The number of fused-ring (bicyclic) bond motifs is 2. The molecule has 1 saturated carbocycles. The monoisotopic (exact) mass is 882 g/mol. The average Bonchev–Trinajstić information content (AvgIpc) is 3.69. The molecule has 0 radical (unpaired) electrons. The van der Waals surface area contributed by atoms with E-state index in [1.54, 1.807) is 28.9 Å². The van der Waals surface area contributed by atoms with Crippen molar-refractivity contribution >= 4 is 58.1 Å². The highest BCUT2D eigenvalue weighted by molar-refractivity contribution is 14.1. The van der Waals surface area contributed by atoms with Crippen LogP contribution >= 0.6 is 22.9 Å². The number of amides is 5. The van der Waals surface area contributed by atoms with Gasteiger partial charge in [0.15, 0.2) is 0 Å². The third-order valence-corrected chi connectivity index (χ3v) is 14.0. The fraction of sp³-hybridized carbons (Fsp3) is 0.455. The molecular formula is C44H47IN6O6. The molecular weight excluding hydrogens is 835 g/mol. The predicted octanol–water partition coefficient (Wildman–Crippen LogP) is 5.48. The number of benzene rings is 3. The highest BCUT2D eigenvalue weighted by Gasteiger charge is 2.64. The summed E-state index contributed by atoms with van der Waals surface area (Å²) in [4.78, 5) is 71.1. The summed E-state index contributed by atoms with van der Waals surface area (Å²) in [7, 11) is 0. The first-order valence-corrected chi connectivity index (χ1v) is 20.7. The van der Waals surface area contributed by atoms with Crippen molar-refractivity contribution in [2.75, 3.05) is 37.6 Å². The second-order valence-electron chi connectivity index (χ2n) is 17.5. The number of ether oxygens (including phenoxy) is 1. The maximum Gasteiger partial charge on any atom is 0.262 e. The van der Waals surface area contributed by atoms with Crippen LogP contribution in [0.1, 0.15) is 93.9 Å². The van der Waals surface area contributed by atoms with Crippen LogP contribution in [-0.2, 0) is 22.4 Å². The first-order chi connectivity index (χ1) is 27.1. The van der Waals surface area contributed by atoms with Gasteiger partial charge in [-0.2, -0.15) is 5.26 Å². The van der Waals surface area contributed by atoms with E-state index in [9.17, 15) is 29.2 Å². The number of hydrogen-bond acceptors (Lipinski definition) is 9. The molecule has 3 heterocycles. The minimum Gasteiger partial charge on any atom is -0.489 e. The van der Waals surface area contributed by atoms with Crippen molar-refractivity contribution in [1.82, 2.24) is 18.2 Å². The SMILES string of the molecule is Cc1cc(O[C@H]2C(C)(C)[C@H](NC(=O)c3ccc(N4CCN(CC5Cc6cc7c(cc6C5)C(=O)N(C5CCC(=O)N(I)C5=O)C7=O)CC4)cc3)C2(C)C)ccc1C#N. The number of nitriles is 1. The van der Waals surface area contributed by atoms with Gasteiger partial charge in [-0.1, -0.05) is 27.7 Å². The zero-order valence-electron chi connectivity index (χ0n) is 32.9. The highest BCUT2D eigenvalue weighted by Crippen LogP contribution is 2.55. The fourth-order valence-corrected chi connectivity index (χ4v) is 10.8. The quantitative estimate of drug-likeness (QED) is 0.177. The zero-order chi connectivity index (χ0) is 40.6. The van der Waals surface area contributed by atoms with E-state index in [1.165, 1.54) is 0 Å². The number of imide groups is 2. The Kier molecular flexibility index (Phi) is 9.95. The molecule has 0 spiro atoms. The molecule has 0 bridgehead atoms. The van der Waals surface area contributed by atoms with E-state index in [0.717, 1.165) is 81.7 Å². The van der Waals surface area contributed by atoms with Gasteiger partial charge in [-0.25, -0.2) is 3.11 Å². The first kappa shape index (κ1) is 39.0. The number of aryl methyl sites for hydroxylation is 1. The molecule has 3 fully saturated rings.